The normalized spacial score (nSPS) is 29.8. The second-order valence-corrected chi connectivity index (χ2v) is 9.99. The summed E-state index contributed by atoms with van der Waals surface area (Å²) in [6.45, 7) is 9.72. The fourth-order valence-electron chi connectivity index (χ4n) is 5.84. The molecule has 6 heteroatoms. The van der Waals surface area contributed by atoms with Crippen molar-refractivity contribution in [3.05, 3.63) is 22.6 Å². The van der Waals surface area contributed by atoms with Crippen molar-refractivity contribution in [2.45, 2.75) is 71.9 Å². The van der Waals surface area contributed by atoms with Crippen LogP contribution in [0.25, 0.3) is 0 Å². The first-order chi connectivity index (χ1) is 12.7. The zero-order valence-corrected chi connectivity index (χ0v) is 16.9. The minimum atomic E-state index is -0.180. The van der Waals surface area contributed by atoms with Crippen LogP contribution in [-0.4, -0.2) is 46.3 Å². The summed E-state index contributed by atoms with van der Waals surface area (Å²) < 4.78 is 1.32. The predicted octanol–water partition coefficient (Wildman–Crippen LogP) is 2.66. The number of amides is 1. The lowest BCUT2D eigenvalue weighted by atomic mass is 9.65. The second-order valence-electron chi connectivity index (χ2n) is 9.99. The molecule has 1 aromatic heterocycles. The lowest BCUT2D eigenvalue weighted by Gasteiger charge is -2.39. The molecule has 3 aliphatic rings. The van der Waals surface area contributed by atoms with Crippen molar-refractivity contribution >= 4 is 11.6 Å². The molecule has 148 valence electrons. The van der Waals surface area contributed by atoms with Gasteiger partial charge in [-0.3, -0.25) is 9.59 Å². The van der Waals surface area contributed by atoms with Crippen LogP contribution in [0.4, 0.5) is 5.69 Å². The van der Waals surface area contributed by atoms with Crippen LogP contribution >= 0.6 is 0 Å². The maximum absolute atomic E-state index is 13.0. The molecular weight excluding hydrogens is 340 g/mol. The van der Waals surface area contributed by atoms with Gasteiger partial charge in [0.1, 0.15) is 6.54 Å². The van der Waals surface area contributed by atoms with Crippen LogP contribution < -0.4 is 10.5 Å². The summed E-state index contributed by atoms with van der Waals surface area (Å²) in [4.78, 5) is 29.7. The zero-order valence-electron chi connectivity index (χ0n) is 16.9. The Morgan fingerprint density at radius 3 is 2.63 bits per heavy atom. The molecule has 1 saturated carbocycles. The molecule has 2 bridgehead atoms. The summed E-state index contributed by atoms with van der Waals surface area (Å²) in [6, 6.07) is 1.94. The van der Waals surface area contributed by atoms with Crippen molar-refractivity contribution in [1.82, 2.24) is 14.7 Å². The van der Waals surface area contributed by atoms with Crippen molar-refractivity contribution in [2.75, 3.05) is 24.5 Å². The monoisotopic (exact) mass is 372 g/mol. The molecule has 3 fully saturated rings. The number of rotatable bonds is 3. The molecule has 2 aliphatic heterocycles. The van der Waals surface area contributed by atoms with Crippen molar-refractivity contribution in [3.8, 4) is 0 Å². The topological polar surface area (TPSA) is 58.4 Å². The number of nitrogens with zero attached hydrogens (tertiary/aromatic N) is 4. The molecule has 0 radical (unpaired) electrons. The molecular formula is C21H32N4O2. The van der Waals surface area contributed by atoms with Gasteiger partial charge in [-0.15, -0.1) is 0 Å². The van der Waals surface area contributed by atoms with E-state index >= 15 is 0 Å². The van der Waals surface area contributed by atoms with Crippen LogP contribution in [0, 0.1) is 10.8 Å². The number of likely N-dealkylation sites (tertiary alicyclic amines) is 1. The smallest absolute Gasteiger partial charge is 0.269 e. The first-order valence-electron chi connectivity index (χ1n) is 10.4. The van der Waals surface area contributed by atoms with Gasteiger partial charge in [-0.25, -0.2) is 4.68 Å². The summed E-state index contributed by atoms with van der Waals surface area (Å²) >= 11 is 0. The summed E-state index contributed by atoms with van der Waals surface area (Å²) in [7, 11) is 0. The van der Waals surface area contributed by atoms with Crippen molar-refractivity contribution in [2.24, 2.45) is 10.8 Å². The van der Waals surface area contributed by atoms with Crippen LogP contribution in [0.3, 0.4) is 0 Å². The maximum atomic E-state index is 13.0. The van der Waals surface area contributed by atoms with Gasteiger partial charge in [-0.1, -0.05) is 20.8 Å². The SMILES string of the molecule is CC1(C)CC2CC(C)(CN2C(=O)Cn2ncc(N3CCCCC3)cc2=O)C1. The molecule has 0 N–H and O–H groups in total. The molecule has 3 heterocycles. The number of anilines is 1. The summed E-state index contributed by atoms with van der Waals surface area (Å²) in [5, 5.41) is 4.31. The van der Waals surface area contributed by atoms with E-state index in [-0.39, 0.29) is 28.8 Å². The van der Waals surface area contributed by atoms with E-state index in [9.17, 15) is 9.59 Å². The van der Waals surface area contributed by atoms with Crippen LogP contribution in [0.2, 0.25) is 0 Å². The number of hydrogen-bond acceptors (Lipinski definition) is 4. The van der Waals surface area contributed by atoms with Gasteiger partial charge < -0.3 is 9.80 Å². The van der Waals surface area contributed by atoms with Gasteiger partial charge in [0.15, 0.2) is 0 Å². The van der Waals surface area contributed by atoms with Crippen molar-refractivity contribution in [1.29, 1.82) is 0 Å². The maximum Gasteiger partial charge on any atom is 0.269 e. The quantitative estimate of drug-likeness (QED) is 0.818. The summed E-state index contributed by atoms with van der Waals surface area (Å²) in [5.74, 6) is 0.0294. The van der Waals surface area contributed by atoms with Gasteiger partial charge in [0.2, 0.25) is 5.91 Å². The minimum Gasteiger partial charge on any atom is -0.370 e. The van der Waals surface area contributed by atoms with E-state index in [1.807, 2.05) is 4.90 Å². The van der Waals surface area contributed by atoms with Crippen molar-refractivity contribution < 1.29 is 4.79 Å². The second kappa shape index (κ2) is 6.64. The molecule has 0 spiro atoms. The molecule has 0 aromatic carbocycles. The number of carbonyl (C=O) groups is 1. The van der Waals surface area contributed by atoms with Gasteiger partial charge in [-0.2, -0.15) is 5.10 Å². The predicted molar refractivity (Wildman–Crippen MR) is 106 cm³/mol. The third-order valence-electron chi connectivity index (χ3n) is 6.60. The Morgan fingerprint density at radius 1 is 1.19 bits per heavy atom. The average molecular weight is 373 g/mol. The van der Waals surface area contributed by atoms with Crippen LogP contribution in [-0.2, 0) is 11.3 Å². The van der Waals surface area contributed by atoms with Crippen molar-refractivity contribution in [3.63, 3.8) is 0 Å². The van der Waals surface area contributed by atoms with Crippen LogP contribution in [0.5, 0.6) is 0 Å². The number of aromatic nitrogens is 2. The van der Waals surface area contributed by atoms with E-state index in [0.29, 0.717) is 6.04 Å². The van der Waals surface area contributed by atoms with Gasteiger partial charge in [0, 0.05) is 31.7 Å². The molecule has 1 aliphatic carbocycles. The number of carbonyl (C=O) groups excluding carboxylic acids is 1. The third-order valence-corrected chi connectivity index (χ3v) is 6.60. The minimum absolute atomic E-state index is 0.0294. The standard InChI is InChI=1S/C21H32N4O2/c1-20(2)10-17-11-21(3,14-20)15-24(17)19(27)13-25-18(26)9-16(12-22-25)23-7-5-4-6-8-23/h9,12,17H,4-8,10-11,13-15H2,1-3H3. The van der Waals surface area contributed by atoms with Gasteiger partial charge in [0.05, 0.1) is 11.9 Å². The van der Waals surface area contributed by atoms with E-state index in [2.05, 4.69) is 30.8 Å². The number of piperidine rings is 1. The third kappa shape index (κ3) is 3.76. The molecule has 2 saturated heterocycles. The van der Waals surface area contributed by atoms with Crippen LogP contribution in [0.1, 0.15) is 59.3 Å². The van der Waals surface area contributed by atoms with Gasteiger partial charge in [0.25, 0.3) is 5.56 Å². The van der Waals surface area contributed by atoms with Crippen LogP contribution in [0.15, 0.2) is 17.1 Å². The highest BCUT2D eigenvalue weighted by atomic mass is 16.2. The van der Waals surface area contributed by atoms with E-state index in [0.717, 1.165) is 57.4 Å². The Morgan fingerprint density at radius 2 is 1.93 bits per heavy atom. The zero-order chi connectivity index (χ0) is 19.2. The Hall–Kier alpha value is -1.85. The largest absolute Gasteiger partial charge is 0.370 e. The van der Waals surface area contributed by atoms with Gasteiger partial charge >= 0.3 is 0 Å². The molecule has 4 rings (SSSR count). The molecule has 1 amide bonds. The highest BCUT2D eigenvalue weighted by Crippen LogP contribution is 2.52. The van der Waals surface area contributed by atoms with Gasteiger partial charge in [-0.05, 0) is 49.4 Å². The number of hydrogen-bond donors (Lipinski definition) is 0. The molecule has 1 aromatic rings. The Bertz CT molecular complexity index is 781. The fourth-order valence-corrected chi connectivity index (χ4v) is 5.84. The summed E-state index contributed by atoms with van der Waals surface area (Å²) in [6.07, 6.45) is 8.60. The molecule has 27 heavy (non-hydrogen) atoms. The molecule has 2 unspecified atom stereocenters. The first kappa shape index (κ1) is 18.5. The Kier molecular flexibility index (Phi) is 4.55. The van der Waals surface area contributed by atoms with E-state index in [4.69, 9.17) is 0 Å². The van der Waals surface area contributed by atoms with E-state index in [1.54, 1.807) is 12.3 Å². The molecule has 6 nitrogen and oxygen atoms in total. The van der Waals surface area contributed by atoms with E-state index in [1.165, 1.54) is 11.1 Å². The summed E-state index contributed by atoms with van der Waals surface area (Å²) in [5.41, 5.74) is 1.19. The highest BCUT2D eigenvalue weighted by molar-refractivity contribution is 5.76. The fraction of sp³-hybridized carbons (Fsp3) is 0.762. The van der Waals surface area contributed by atoms with E-state index < -0.39 is 0 Å². The Balaban J connectivity index is 1.46. The molecule has 2 atom stereocenters. The lowest BCUT2D eigenvalue weighted by Crippen LogP contribution is -2.41. The highest BCUT2D eigenvalue weighted by Gasteiger charge is 2.50. The lowest BCUT2D eigenvalue weighted by molar-refractivity contribution is -0.133. The Labute approximate surface area is 161 Å². The number of fused-ring (bicyclic) bond motifs is 2. The average Bonchev–Trinajstić information content (AvgIpc) is 2.86. The first-order valence-corrected chi connectivity index (χ1v) is 10.4.